The molecule has 0 heterocycles. The van der Waals surface area contributed by atoms with Crippen LogP contribution in [0.5, 0.6) is 5.75 Å². The Morgan fingerprint density at radius 1 is 1.47 bits per heavy atom. The Labute approximate surface area is 95.4 Å². The van der Waals surface area contributed by atoms with E-state index in [1.807, 2.05) is 25.1 Å². The molecule has 2 nitrogen and oxygen atoms in total. The van der Waals surface area contributed by atoms with Crippen LogP contribution >= 0.6 is 11.6 Å². The minimum absolute atomic E-state index is 0.0935. The van der Waals surface area contributed by atoms with Gasteiger partial charge in [-0.15, -0.1) is 0 Å². The number of ether oxygens (including phenoxy) is 1. The summed E-state index contributed by atoms with van der Waals surface area (Å²) < 4.78 is 5.36. The molecule has 0 spiro atoms. The molecule has 1 fully saturated rings. The van der Waals surface area contributed by atoms with E-state index in [4.69, 9.17) is 22.1 Å². The van der Waals surface area contributed by atoms with Crippen LogP contribution in [0.25, 0.3) is 0 Å². The van der Waals surface area contributed by atoms with Crippen molar-refractivity contribution in [1.82, 2.24) is 0 Å². The number of halogens is 1. The van der Waals surface area contributed by atoms with Crippen molar-refractivity contribution in [1.29, 1.82) is 0 Å². The maximum absolute atomic E-state index is 6.04. The van der Waals surface area contributed by atoms with Gasteiger partial charge in [0, 0.05) is 22.0 Å². The highest BCUT2D eigenvalue weighted by Gasteiger charge is 2.49. The van der Waals surface area contributed by atoms with Crippen molar-refractivity contribution in [3.63, 3.8) is 0 Å². The maximum Gasteiger partial charge on any atom is 0.122 e. The molecular formula is C12H16ClNO. The minimum Gasteiger partial charge on any atom is -0.496 e. The average molecular weight is 226 g/mol. The lowest BCUT2D eigenvalue weighted by Gasteiger charge is -2.22. The number of benzene rings is 1. The van der Waals surface area contributed by atoms with E-state index in [1.54, 1.807) is 7.11 Å². The molecule has 0 aliphatic heterocycles. The zero-order chi connectivity index (χ0) is 11.1. The van der Waals surface area contributed by atoms with E-state index in [9.17, 15) is 0 Å². The van der Waals surface area contributed by atoms with Crippen molar-refractivity contribution in [2.75, 3.05) is 7.11 Å². The molecule has 2 rings (SSSR count). The van der Waals surface area contributed by atoms with Gasteiger partial charge in [-0.05, 0) is 38.0 Å². The number of nitrogens with two attached hydrogens (primary N) is 1. The lowest BCUT2D eigenvalue weighted by atomic mass is 9.89. The zero-order valence-corrected chi connectivity index (χ0v) is 9.84. The van der Waals surface area contributed by atoms with E-state index in [0.29, 0.717) is 0 Å². The summed E-state index contributed by atoms with van der Waals surface area (Å²) in [5, 5.41) is 0.748. The van der Waals surface area contributed by atoms with Gasteiger partial charge in [-0.2, -0.15) is 0 Å². The molecule has 1 unspecified atom stereocenters. The molecule has 1 saturated carbocycles. The van der Waals surface area contributed by atoms with Crippen molar-refractivity contribution in [2.45, 2.75) is 31.2 Å². The summed E-state index contributed by atoms with van der Waals surface area (Å²) in [6, 6.07) is 5.89. The van der Waals surface area contributed by atoms with Crippen LogP contribution in [-0.4, -0.2) is 13.2 Å². The molecule has 82 valence electrons. The molecule has 2 N–H and O–H groups in total. The maximum atomic E-state index is 6.04. The van der Waals surface area contributed by atoms with Gasteiger partial charge in [0.25, 0.3) is 0 Å². The largest absolute Gasteiger partial charge is 0.496 e. The van der Waals surface area contributed by atoms with Crippen LogP contribution < -0.4 is 10.5 Å². The highest BCUT2D eigenvalue weighted by molar-refractivity contribution is 6.30. The molecule has 1 aromatic carbocycles. The van der Waals surface area contributed by atoms with Gasteiger partial charge in [0.05, 0.1) is 7.11 Å². The molecule has 0 radical (unpaired) electrons. The van der Waals surface area contributed by atoms with Crippen molar-refractivity contribution in [2.24, 2.45) is 5.73 Å². The summed E-state index contributed by atoms with van der Waals surface area (Å²) in [7, 11) is 1.68. The highest BCUT2D eigenvalue weighted by atomic mass is 35.5. The first kappa shape index (κ1) is 10.8. The monoisotopic (exact) mass is 225 g/mol. The fraction of sp³-hybridized carbons (Fsp3) is 0.500. The first-order valence-electron chi connectivity index (χ1n) is 5.20. The van der Waals surface area contributed by atoms with E-state index >= 15 is 0 Å². The normalized spacial score (nSPS) is 19.7. The molecule has 1 atom stereocenters. The van der Waals surface area contributed by atoms with Gasteiger partial charge in [0.1, 0.15) is 5.75 Å². The molecule has 0 amide bonds. The van der Waals surface area contributed by atoms with Crippen molar-refractivity contribution in [3.8, 4) is 5.75 Å². The molecule has 0 saturated heterocycles. The van der Waals surface area contributed by atoms with Crippen LogP contribution in [0, 0.1) is 0 Å². The predicted molar refractivity (Wildman–Crippen MR) is 62.6 cm³/mol. The highest BCUT2D eigenvalue weighted by Crippen LogP contribution is 2.53. The van der Waals surface area contributed by atoms with E-state index in [-0.39, 0.29) is 11.5 Å². The fourth-order valence-corrected chi connectivity index (χ4v) is 2.35. The van der Waals surface area contributed by atoms with Gasteiger partial charge in [-0.1, -0.05) is 11.6 Å². The summed E-state index contributed by atoms with van der Waals surface area (Å²) in [5.41, 5.74) is 7.29. The van der Waals surface area contributed by atoms with Crippen LogP contribution in [0.4, 0.5) is 0 Å². The minimum atomic E-state index is 0.0935. The summed E-state index contributed by atoms with van der Waals surface area (Å²) in [4.78, 5) is 0. The van der Waals surface area contributed by atoms with E-state index < -0.39 is 0 Å². The van der Waals surface area contributed by atoms with Crippen LogP contribution in [0.1, 0.15) is 25.3 Å². The summed E-state index contributed by atoms with van der Waals surface area (Å²) in [6.07, 6.45) is 2.25. The van der Waals surface area contributed by atoms with Crippen LogP contribution in [0.2, 0.25) is 5.02 Å². The lowest BCUT2D eigenvalue weighted by molar-refractivity contribution is 0.398. The Bertz CT molecular complexity index is 372. The zero-order valence-electron chi connectivity index (χ0n) is 9.09. The first-order valence-corrected chi connectivity index (χ1v) is 5.57. The van der Waals surface area contributed by atoms with Crippen molar-refractivity contribution >= 4 is 11.6 Å². The van der Waals surface area contributed by atoms with E-state index in [0.717, 1.165) is 29.2 Å². The molecule has 0 aromatic heterocycles. The quantitative estimate of drug-likeness (QED) is 0.859. The standard InChI is InChI=1S/C12H16ClNO/c1-8(14)12(5-6-12)10-7-9(13)3-4-11(10)15-2/h3-4,7-8H,5-6,14H2,1-2H3. The fourth-order valence-electron chi connectivity index (χ4n) is 2.17. The number of rotatable bonds is 3. The van der Waals surface area contributed by atoms with Gasteiger partial charge in [-0.3, -0.25) is 0 Å². The van der Waals surface area contributed by atoms with Crippen LogP contribution in [0.3, 0.4) is 0 Å². The Morgan fingerprint density at radius 3 is 2.60 bits per heavy atom. The topological polar surface area (TPSA) is 35.2 Å². The predicted octanol–water partition coefficient (Wildman–Crippen LogP) is 2.73. The summed E-state index contributed by atoms with van der Waals surface area (Å²) in [5.74, 6) is 0.897. The van der Waals surface area contributed by atoms with Gasteiger partial charge < -0.3 is 10.5 Å². The summed E-state index contributed by atoms with van der Waals surface area (Å²) >= 11 is 6.02. The van der Waals surface area contributed by atoms with Gasteiger partial charge in [-0.25, -0.2) is 0 Å². The number of hydrogen-bond donors (Lipinski definition) is 1. The Kier molecular flexibility index (Phi) is 2.65. The lowest BCUT2D eigenvalue weighted by Crippen LogP contribution is -2.31. The molecule has 1 aromatic rings. The SMILES string of the molecule is COc1ccc(Cl)cc1C1(C(C)N)CC1. The van der Waals surface area contributed by atoms with Crippen molar-refractivity contribution < 1.29 is 4.74 Å². The molecule has 15 heavy (non-hydrogen) atoms. The number of hydrogen-bond acceptors (Lipinski definition) is 2. The second kappa shape index (κ2) is 3.69. The first-order chi connectivity index (χ1) is 7.10. The second-order valence-corrected chi connectivity index (χ2v) is 4.73. The molecule has 3 heteroatoms. The third-order valence-corrected chi connectivity index (χ3v) is 3.59. The van der Waals surface area contributed by atoms with Gasteiger partial charge >= 0.3 is 0 Å². The smallest absolute Gasteiger partial charge is 0.122 e. The van der Waals surface area contributed by atoms with E-state index in [1.165, 1.54) is 0 Å². The Morgan fingerprint density at radius 2 is 2.13 bits per heavy atom. The summed E-state index contributed by atoms with van der Waals surface area (Å²) in [6.45, 7) is 2.05. The van der Waals surface area contributed by atoms with Crippen LogP contribution in [-0.2, 0) is 5.41 Å². The molecular weight excluding hydrogens is 210 g/mol. The van der Waals surface area contributed by atoms with Crippen LogP contribution in [0.15, 0.2) is 18.2 Å². The Balaban J connectivity index is 2.46. The van der Waals surface area contributed by atoms with Gasteiger partial charge in [0.15, 0.2) is 0 Å². The molecule has 1 aliphatic carbocycles. The Hall–Kier alpha value is -0.730. The third-order valence-electron chi connectivity index (χ3n) is 3.36. The molecule has 0 bridgehead atoms. The van der Waals surface area contributed by atoms with Crippen molar-refractivity contribution in [3.05, 3.63) is 28.8 Å². The average Bonchev–Trinajstić information content (AvgIpc) is 2.98. The molecule has 1 aliphatic rings. The third kappa shape index (κ3) is 1.72. The number of methoxy groups -OCH3 is 1. The van der Waals surface area contributed by atoms with E-state index in [2.05, 4.69) is 0 Å². The van der Waals surface area contributed by atoms with Gasteiger partial charge in [0.2, 0.25) is 0 Å². The second-order valence-electron chi connectivity index (χ2n) is 4.29.